The Morgan fingerprint density at radius 3 is 2.50 bits per heavy atom. The molecule has 0 N–H and O–H groups in total. The van der Waals surface area contributed by atoms with Crippen LogP contribution in [0.4, 0.5) is 5.82 Å². The van der Waals surface area contributed by atoms with Crippen molar-refractivity contribution in [2.45, 2.75) is 26.4 Å². The highest BCUT2D eigenvalue weighted by Crippen LogP contribution is 2.22. The minimum absolute atomic E-state index is 0.0152. The molecular weight excluding hydrogens is 334 g/mol. The van der Waals surface area contributed by atoms with Crippen LogP contribution < -0.4 is 9.64 Å². The van der Waals surface area contributed by atoms with Crippen LogP contribution in [-0.4, -0.2) is 42.1 Å². The molecule has 7 heteroatoms. The van der Waals surface area contributed by atoms with E-state index in [-0.39, 0.29) is 18.1 Å². The van der Waals surface area contributed by atoms with Gasteiger partial charge in [0.2, 0.25) is 0 Å². The number of ether oxygens (including phenoxy) is 2. The lowest BCUT2D eigenvalue weighted by molar-refractivity contribution is 0.0462. The summed E-state index contributed by atoms with van der Waals surface area (Å²) < 4.78 is 10.6. The number of hydrogen-bond donors (Lipinski definition) is 0. The number of anilines is 1. The Kier molecular flexibility index (Phi) is 5.46. The van der Waals surface area contributed by atoms with Gasteiger partial charge in [0.05, 0.1) is 7.11 Å². The molecule has 136 valence electrons. The van der Waals surface area contributed by atoms with Crippen LogP contribution in [0.2, 0.25) is 0 Å². The van der Waals surface area contributed by atoms with Crippen LogP contribution in [0.25, 0.3) is 0 Å². The summed E-state index contributed by atoms with van der Waals surface area (Å²) in [5, 5.41) is 8.09. The van der Waals surface area contributed by atoms with Crippen LogP contribution in [-0.2, 0) is 11.3 Å². The largest absolute Gasteiger partial charge is 0.496 e. The monoisotopic (exact) mass is 355 g/mol. The first-order valence-electron chi connectivity index (χ1n) is 8.52. The molecule has 2 heterocycles. The fraction of sp³-hybridized carbons (Fsp3) is 0.368. The molecule has 1 aliphatic heterocycles. The van der Waals surface area contributed by atoms with E-state index in [1.54, 1.807) is 30.3 Å². The minimum atomic E-state index is -0.569. The van der Waals surface area contributed by atoms with Gasteiger partial charge in [0.25, 0.3) is 0 Å². The maximum atomic E-state index is 12.2. The molecule has 1 aliphatic rings. The van der Waals surface area contributed by atoms with E-state index in [2.05, 4.69) is 15.1 Å². The van der Waals surface area contributed by atoms with Crippen LogP contribution in [0.15, 0.2) is 30.3 Å². The zero-order chi connectivity index (χ0) is 18.5. The normalized spacial score (nSPS) is 13.5. The number of aromatic nitrogens is 2. The first-order chi connectivity index (χ1) is 12.6. The summed E-state index contributed by atoms with van der Waals surface area (Å²) in [5.74, 6) is 0.692. The van der Waals surface area contributed by atoms with E-state index >= 15 is 0 Å². The highest BCUT2D eigenvalue weighted by atomic mass is 16.5. The van der Waals surface area contributed by atoms with E-state index < -0.39 is 5.97 Å². The van der Waals surface area contributed by atoms with Crippen molar-refractivity contribution < 1.29 is 19.1 Å². The number of hydrogen-bond acceptors (Lipinski definition) is 7. The molecule has 2 aromatic rings. The highest BCUT2D eigenvalue weighted by Gasteiger charge is 2.17. The van der Waals surface area contributed by atoms with Gasteiger partial charge in [0.15, 0.2) is 17.3 Å². The smallest absolute Gasteiger partial charge is 0.359 e. The third-order valence-electron chi connectivity index (χ3n) is 4.34. The molecule has 0 amide bonds. The number of carbonyl (C=O) groups is 2. The van der Waals surface area contributed by atoms with Crippen molar-refractivity contribution in [2.24, 2.45) is 0 Å². The van der Waals surface area contributed by atoms with Crippen LogP contribution >= 0.6 is 0 Å². The van der Waals surface area contributed by atoms with Crippen molar-refractivity contribution in [3.8, 4) is 5.75 Å². The number of Topliss-reactive ketones (excluding diaryl/α,β-unsaturated/α-hetero) is 1. The molecule has 7 nitrogen and oxygen atoms in total. The van der Waals surface area contributed by atoms with Gasteiger partial charge in [0.1, 0.15) is 12.4 Å². The summed E-state index contributed by atoms with van der Waals surface area (Å²) in [5.41, 5.74) is 1.30. The third kappa shape index (κ3) is 3.99. The number of carbonyl (C=O) groups excluding carboxylic acids is 2. The Hall–Kier alpha value is -2.96. The Bertz CT molecular complexity index is 799. The predicted molar refractivity (Wildman–Crippen MR) is 95.6 cm³/mol. The molecule has 26 heavy (non-hydrogen) atoms. The Balaban J connectivity index is 1.66. The number of benzene rings is 1. The maximum absolute atomic E-state index is 12.2. The molecule has 0 unspecified atom stereocenters. The molecule has 0 radical (unpaired) electrons. The van der Waals surface area contributed by atoms with E-state index in [9.17, 15) is 9.59 Å². The number of rotatable bonds is 6. The van der Waals surface area contributed by atoms with Gasteiger partial charge >= 0.3 is 5.97 Å². The van der Waals surface area contributed by atoms with E-state index in [0.29, 0.717) is 16.9 Å². The van der Waals surface area contributed by atoms with Crippen molar-refractivity contribution in [1.29, 1.82) is 0 Å². The SMILES string of the molecule is COc1ccc(C(C)=O)cc1COC(=O)c1ccc(N2CCCC2)nn1. The number of nitrogens with zero attached hydrogens (tertiary/aromatic N) is 3. The fourth-order valence-corrected chi connectivity index (χ4v) is 2.88. The second kappa shape index (κ2) is 7.95. The lowest BCUT2D eigenvalue weighted by atomic mass is 10.1. The van der Waals surface area contributed by atoms with Crippen LogP contribution in [0.5, 0.6) is 5.75 Å². The summed E-state index contributed by atoms with van der Waals surface area (Å²) in [6.45, 7) is 3.39. The van der Waals surface area contributed by atoms with Crippen LogP contribution in [0.3, 0.4) is 0 Å². The lowest BCUT2D eigenvalue weighted by Gasteiger charge is -2.15. The van der Waals surface area contributed by atoms with Crippen molar-refractivity contribution in [2.75, 3.05) is 25.1 Å². The van der Waals surface area contributed by atoms with Gasteiger partial charge in [-0.15, -0.1) is 10.2 Å². The predicted octanol–water partition coefficient (Wildman–Crippen LogP) is 2.65. The van der Waals surface area contributed by atoms with Gasteiger partial charge in [-0.1, -0.05) is 0 Å². The van der Waals surface area contributed by atoms with E-state index in [1.807, 2.05) is 0 Å². The second-order valence-electron chi connectivity index (χ2n) is 6.13. The van der Waals surface area contributed by atoms with Gasteiger partial charge in [0, 0.05) is 24.2 Å². The summed E-state index contributed by atoms with van der Waals surface area (Å²) in [6, 6.07) is 8.42. The molecule has 0 bridgehead atoms. The molecule has 1 aromatic carbocycles. The molecule has 1 aromatic heterocycles. The first kappa shape index (κ1) is 17.8. The highest BCUT2D eigenvalue weighted by molar-refractivity contribution is 5.94. The average molecular weight is 355 g/mol. The van der Waals surface area contributed by atoms with Gasteiger partial charge in [-0.3, -0.25) is 4.79 Å². The van der Waals surface area contributed by atoms with Crippen molar-refractivity contribution in [1.82, 2.24) is 10.2 Å². The molecule has 3 rings (SSSR count). The minimum Gasteiger partial charge on any atom is -0.496 e. The van der Waals surface area contributed by atoms with Crippen molar-refractivity contribution >= 4 is 17.6 Å². The molecule has 1 fully saturated rings. The second-order valence-corrected chi connectivity index (χ2v) is 6.13. The Morgan fingerprint density at radius 1 is 1.12 bits per heavy atom. The number of esters is 1. The number of ketones is 1. The Labute approximate surface area is 151 Å². The number of methoxy groups -OCH3 is 1. The first-order valence-corrected chi connectivity index (χ1v) is 8.52. The van der Waals surface area contributed by atoms with Crippen molar-refractivity contribution in [3.05, 3.63) is 47.2 Å². The molecule has 0 aliphatic carbocycles. The fourth-order valence-electron chi connectivity index (χ4n) is 2.88. The molecule has 0 spiro atoms. The topological polar surface area (TPSA) is 81.6 Å². The van der Waals surface area contributed by atoms with E-state index in [4.69, 9.17) is 9.47 Å². The average Bonchev–Trinajstić information content (AvgIpc) is 3.20. The molecule has 0 atom stereocenters. The zero-order valence-electron chi connectivity index (χ0n) is 14.9. The molecule has 0 saturated carbocycles. The summed E-state index contributed by atoms with van der Waals surface area (Å²) in [6.07, 6.45) is 2.29. The van der Waals surface area contributed by atoms with E-state index in [0.717, 1.165) is 31.7 Å². The van der Waals surface area contributed by atoms with Gasteiger partial charge in [-0.05, 0) is 50.1 Å². The van der Waals surface area contributed by atoms with Gasteiger partial charge < -0.3 is 14.4 Å². The molecule has 1 saturated heterocycles. The Morgan fingerprint density at radius 2 is 1.88 bits per heavy atom. The van der Waals surface area contributed by atoms with Crippen LogP contribution in [0, 0.1) is 0 Å². The van der Waals surface area contributed by atoms with Crippen molar-refractivity contribution in [3.63, 3.8) is 0 Å². The summed E-state index contributed by atoms with van der Waals surface area (Å²) in [7, 11) is 1.52. The summed E-state index contributed by atoms with van der Waals surface area (Å²) in [4.78, 5) is 25.9. The van der Waals surface area contributed by atoms with Crippen LogP contribution in [0.1, 0.15) is 46.2 Å². The lowest BCUT2D eigenvalue weighted by Crippen LogP contribution is -2.20. The quantitative estimate of drug-likeness (QED) is 0.582. The summed E-state index contributed by atoms with van der Waals surface area (Å²) >= 11 is 0. The zero-order valence-corrected chi connectivity index (χ0v) is 14.9. The third-order valence-corrected chi connectivity index (χ3v) is 4.34. The standard InChI is InChI=1S/C19H21N3O4/c1-13(23)14-5-7-17(25-2)15(11-14)12-26-19(24)16-6-8-18(21-20-16)22-9-3-4-10-22/h5-8,11H,3-4,9-10,12H2,1-2H3. The molecular formula is C19H21N3O4. The van der Waals surface area contributed by atoms with Gasteiger partial charge in [-0.25, -0.2) is 4.79 Å². The van der Waals surface area contributed by atoms with E-state index in [1.165, 1.54) is 14.0 Å². The maximum Gasteiger partial charge on any atom is 0.359 e. The van der Waals surface area contributed by atoms with Gasteiger partial charge in [-0.2, -0.15) is 0 Å².